The van der Waals surface area contributed by atoms with Crippen LogP contribution in [0.2, 0.25) is 0 Å². The summed E-state index contributed by atoms with van der Waals surface area (Å²) in [6.45, 7) is 1.75. The molecule has 0 bridgehead atoms. The van der Waals surface area contributed by atoms with Crippen molar-refractivity contribution in [3.8, 4) is 0 Å². The molecule has 2 atom stereocenters. The van der Waals surface area contributed by atoms with Gasteiger partial charge in [-0.2, -0.15) is 0 Å². The number of epoxide rings is 1. The van der Waals surface area contributed by atoms with Crippen molar-refractivity contribution in [2.75, 3.05) is 6.61 Å². The molecule has 1 fully saturated rings. The lowest BCUT2D eigenvalue weighted by Crippen LogP contribution is -2.58. The van der Waals surface area contributed by atoms with Crippen molar-refractivity contribution in [2.24, 2.45) is 5.92 Å². The van der Waals surface area contributed by atoms with Crippen LogP contribution in [0.5, 0.6) is 0 Å². The molecule has 0 spiro atoms. The summed E-state index contributed by atoms with van der Waals surface area (Å²) in [6.07, 6.45) is -0.150. The van der Waals surface area contributed by atoms with Crippen LogP contribution in [0.1, 0.15) is 23.7 Å². The van der Waals surface area contributed by atoms with Crippen LogP contribution in [-0.4, -0.2) is 34.0 Å². The molecule has 1 aliphatic rings. The van der Waals surface area contributed by atoms with Gasteiger partial charge in [-0.1, -0.05) is 30.3 Å². The molecule has 1 aromatic rings. The van der Waals surface area contributed by atoms with Gasteiger partial charge < -0.3 is 4.74 Å². The smallest absolute Gasteiger partial charge is 0.373 e. The lowest BCUT2D eigenvalue weighted by atomic mass is 9.84. The minimum Gasteiger partial charge on any atom is -0.373 e. The van der Waals surface area contributed by atoms with Gasteiger partial charge in [-0.05, 0) is 13.3 Å². The lowest BCUT2D eigenvalue weighted by molar-refractivity contribution is -0.783. The largest absolute Gasteiger partial charge is 0.522 e. The molecule has 8 heteroatoms. The minimum absolute atomic E-state index is 0.0468. The van der Waals surface area contributed by atoms with E-state index in [1.807, 2.05) is 0 Å². The zero-order chi connectivity index (χ0) is 15.6. The Labute approximate surface area is 120 Å². The molecule has 0 aliphatic carbocycles. The Hall–Kier alpha value is -2.35. The summed E-state index contributed by atoms with van der Waals surface area (Å²) >= 11 is 0. The average molecular weight is 294 g/mol. The molecule has 112 valence electrons. The third-order valence-electron chi connectivity index (χ3n) is 3.63. The van der Waals surface area contributed by atoms with Crippen molar-refractivity contribution in [3.05, 3.63) is 56.1 Å². The molecule has 0 radical (unpaired) electrons. The standard InChI is InChI=1S/C13H14N2O6/c1-9(7-11-8-21-11)13(14(17)18,15(19)20)12(16)10-5-3-2-4-6-10/h2-6,9,11H,7-8H2,1H3. The first kappa shape index (κ1) is 15.0. The van der Waals surface area contributed by atoms with E-state index >= 15 is 0 Å². The molecule has 1 aromatic carbocycles. The highest BCUT2D eigenvalue weighted by Crippen LogP contribution is 2.33. The molecule has 0 amide bonds. The molecule has 0 aromatic heterocycles. The van der Waals surface area contributed by atoms with Gasteiger partial charge >= 0.3 is 11.4 Å². The Bertz CT molecular complexity index is 555. The maximum absolute atomic E-state index is 12.5. The van der Waals surface area contributed by atoms with Crippen LogP contribution in [0.15, 0.2) is 30.3 Å². The average Bonchev–Trinajstić information content (AvgIpc) is 3.23. The van der Waals surface area contributed by atoms with Crippen LogP contribution < -0.4 is 0 Å². The second-order valence-corrected chi connectivity index (χ2v) is 5.03. The van der Waals surface area contributed by atoms with E-state index in [9.17, 15) is 25.0 Å². The summed E-state index contributed by atoms with van der Waals surface area (Å²) in [5.74, 6) is -2.19. The number of ketones is 1. The number of nitrogens with zero attached hydrogens (tertiary/aromatic N) is 2. The number of carbonyl (C=O) groups excluding carboxylic acids is 1. The van der Waals surface area contributed by atoms with Crippen LogP contribution in [0.3, 0.4) is 0 Å². The van der Waals surface area contributed by atoms with Gasteiger partial charge in [0.1, 0.15) is 15.8 Å². The van der Waals surface area contributed by atoms with E-state index in [2.05, 4.69) is 0 Å². The predicted octanol–water partition coefficient (Wildman–Crippen LogP) is 1.54. The second kappa shape index (κ2) is 5.57. The minimum atomic E-state index is -2.88. The number of rotatable bonds is 7. The number of nitro groups is 2. The first-order chi connectivity index (χ1) is 9.90. The molecule has 2 unspecified atom stereocenters. The summed E-state index contributed by atoms with van der Waals surface area (Å²) in [4.78, 5) is 33.1. The van der Waals surface area contributed by atoms with Crippen LogP contribution in [0.25, 0.3) is 0 Å². The third-order valence-corrected chi connectivity index (χ3v) is 3.63. The monoisotopic (exact) mass is 294 g/mol. The van der Waals surface area contributed by atoms with E-state index in [1.54, 1.807) is 6.07 Å². The van der Waals surface area contributed by atoms with Gasteiger partial charge in [0.25, 0.3) is 0 Å². The van der Waals surface area contributed by atoms with E-state index in [1.165, 1.54) is 31.2 Å². The SMILES string of the molecule is CC(CC1CO1)C(C(=O)c1ccccc1)([N+](=O)[O-])[N+](=O)[O-]. The Morgan fingerprint density at radius 3 is 2.29 bits per heavy atom. The molecule has 21 heavy (non-hydrogen) atoms. The Morgan fingerprint density at radius 2 is 1.86 bits per heavy atom. The predicted molar refractivity (Wildman–Crippen MR) is 71.0 cm³/mol. The fourth-order valence-corrected chi connectivity index (χ4v) is 2.38. The van der Waals surface area contributed by atoms with Gasteiger partial charge in [0, 0.05) is 5.56 Å². The maximum Gasteiger partial charge on any atom is 0.522 e. The second-order valence-electron chi connectivity index (χ2n) is 5.03. The molecular formula is C13H14N2O6. The molecule has 1 heterocycles. The molecule has 1 aliphatic heterocycles. The molecule has 8 nitrogen and oxygen atoms in total. The van der Waals surface area contributed by atoms with Gasteiger partial charge in [0.2, 0.25) is 0 Å². The van der Waals surface area contributed by atoms with E-state index in [0.717, 1.165) is 0 Å². The van der Waals surface area contributed by atoms with E-state index in [4.69, 9.17) is 4.74 Å². The molecule has 0 saturated carbocycles. The zero-order valence-electron chi connectivity index (χ0n) is 11.3. The van der Waals surface area contributed by atoms with Crippen molar-refractivity contribution < 1.29 is 19.4 Å². The highest BCUT2D eigenvalue weighted by atomic mass is 16.7. The van der Waals surface area contributed by atoms with Crippen molar-refractivity contribution >= 4 is 5.78 Å². The fourth-order valence-electron chi connectivity index (χ4n) is 2.38. The number of benzene rings is 1. The number of ether oxygens (including phenoxy) is 1. The van der Waals surface area contributed by atoms with Crippen LogP contribution in [-0.2, 0) is 4.74 Å². The number of hydrogen-bond acceptors (Lipinski definition) is 6. The summed E-state index contributed by atoms with van der Waals surface area (Å²) < 4.78 is 4.96. The topological polar surface area (TPSA) is 116 Å². The third kappa shape index (κ3) is 2.62. The van der Waals surface area contributed by atoms with Gasteiger partial charge in [-0.3, -0.25) is 25.0 Å². The fraction of sp³-hybridized carbons (Fsp3) is 0.462. The summed E-state index contributed by atoms with van der Waals surface area (Å²) in [5.41, 5.74) is -2.93. The quantitative estimate of drug-likeness (QED) is 0.247. The normalized spacial score (nSPS) is 18.8. The maximum atomic E-state index is 12.5. The van der Waals surface area contributed by atoms with Gasteiger partial charge in [0.05, 0.1) is 12.7 Å². The zero-order valence-corrected chi connectivity index (χ0v) is 11.3. The number of carbonyl (C=O) groups is 1. The highest BCUT2D eigenvalue weighted by molar-refractivity contribution is 6.01. The molecule has 0 N–H and O–H groups in total. The first-order valence-electron chi connectivity index (χ1n) is 6.41. The molecule has 1 saturated heterocycles. The van der Waals surface area contributed by atoms with Crippen LogP contribution in [0, 0.1) is 26.1 Å². The molecular weight excluding hydrogens is 280 g/mol. The van der Waals surface area contributed by atoms with Crippen molar-refractivity contribution in [3.63, 3.8) is 0 Å². The Morgan fingerprint density at radius 1 is 1.33 bits per heavy atom. The highest BCUT2D eigenvalue weighted by Gasteiger charge is 2.68. The van der Waals surface area contributed by atoms with Gasteiger partial charge in [-0.25, -0.2) is 0 Å². The van der Waals surface area contributed by atoms with Gasteiger partial charge in [0.15, 0.2) is 0 Å². The van der Waals surface area contributed by atoms with Gasteiger partial charge in [-0.15, -0.1) is 0 Å². The van der Waals surface area contributed by atoms with Crippen LogP contribution >= 0.6 is 0 Å². The van der Waals surface area contributed by atoms with E-state index in [0.29, 0.717) is 6.61 Å². The van der Waals surface area contributed by atoms with E-state index in [-0.39, 0.29) is 18.1 Å². The Kier molecular flexibility index (Phi) is 3.99. The summed E-state index contributed by atoms with van der Waals surface area (Å²) in [6, 6.07) is 7.31. The lowest BCUT2D eigenvalue weighted by Gasteiger charge is -2.21. The van der Waals surface area contributed by atoms with Crippen molar-refractivity contribution in [2.45, 2.75) is 25.1 Å². The summed E-state index contributed by atoms with van der Waals surface area (Å²) in [7, 11) is 0. The van der Waals surface area contributed by atoms with Crippen molar-refractivity contribution in [1.82, 2.24) is 0 Å². The first-order valence-corrected chi connectivity index (χ1v) is 6.41. The summed E-state index contributed by atoms with van der Waals surface area (Å²) in [5, 5.41) is 22.8. The van der Waals surface area contributed by atoms with Crippen molar-refractivity contribution in [1.29, 1.82) is 0 Å². The Balaban J connectivity index is 2.45. The number of hydrogen-bond donors (Lipinski definition) is 0. The number of Topliss-reactive ketones (excluding diaryl/α,β-unsaturated/α-hetero) is 1. The van der Waals surface area contributed by atoms with E-state index < -0.39 is 27.2 Å². The van der Waals surface area contributed by atoms with Crippen LogP contribution in [0.4, 0.5) is 0 Å². The molecule has 2 rings (SSSR count).